The minimum atomic E-state index is -1.03. The average molecular weight is 341 g/mol. The van der Waals surface area contributed by atoms with Crippen LogP contribution in [0.3, 0.4) is 0 Å². The first-order valence-electron chi connectivity index (χ1n) is 8.44. The van der Waals surface area contributed by atoms with Gasteiger partial charge in [0.15, 0.2) is 6.39 Å². The topological polar surface area (TPSA) is 98.2 Å². The standard InChI is InChI=1S/C19H23N3O3/c1-18(2)8-10-19(11-9-18,17(20)24)22-16(23)15-14(21-12-25-15)13-6-4-3-5-7-13/h3-7,12H,8-11H2,1-2H3,(H2,20,24)(H,22,23). The number of primary amides is 1. The van der Waals surface area contributed by atoms with E-state index in [2.05, 4.69) is 24.1 Å². The lowest BCUT2D eigenvalue weighted by molar-refractivity contribution is -0.126. The number of hydrogen-bond acceptors (Lipinski definition) is 4. The minimum Gasteiger partial charge on any atom is -0.438 e. The molecule has 2 aromatic rings. The van der Waals surface area contributed by atoms with E-state index in [-0.39, 0.29) is 11.2 Å². The maximum Gasteiger partial charge on any atom is 0.290 e. The van der Waals surface area contributed by atoms with Gasteiger partial charge in [-0.05, 0) is 31.1 Å². The van der Waals surface area contributed by atoms with Crippen LogP contribution < -0.4 is 11.1 Å². The molecule has 0 spiro atoms. The maximum absolute atomic E-state index is 12.8. The monoisotopic (exact) mass is 341 g/mol. The Kier molecular flexibility index (Phi) is 4.37. The van der Waals surface area contributed by atoms with Crippen LogP contribution in [0.15, 0.2) is 41.1 Å². The van der Waals surface area contributed by atoms with Crippen molar-refractivity contribution in [3.8, 4) is 11.3 Å². The zero-order valence-corrected chi connectivity index (χ0v) is 14.5. The third kappa shape index (κ3) is 3.43. The molecule has 0 aliphatic heterocycles. The molecule has 25 heavy (non-hydrogen) atoms. The van der Waals surface area contributed by atoms with Gasteiger partial charge in [-0.15, -0.1) is 0 Å². The summed E-state index contributed by atoms with van der Waals surface area (Å²) >= 11 is 0. The van der Waals surface area contributed by atoms with E-state index in [1.165, 1.54) is 6.39 Å². The fraction of sp³-hybridized carbons (Fsp3) is 0.421. The molecule has 3 rings (SSSR count). The lowest BCUT2D eigenvalue weighted by Crippen LogP contribution is -2.59. The number of nitrogens with zero attached hydrogens (tertiary/aromatic N) is 1. The van der Waals surface area contributed by atoms with Crippen LogP contribution in [0.4, 0.5) is 0 Å². The van der Waals surface area contributed by atoms with Crippen molar-refractivity contribution in [3.05, 3.63) is 42.5 Å². The Hall–Kier alpha value is -2.63. The number of oxazole rings is 1. The molecule has 1 aliphatic rings. The lowest BCUT2D eigenvalue weighted by atomic mass is 9.69. The number of carbonyl (C=O) groups excluding carboxylic acids is 2. The number of aromatic nitrogens is 1. The molecule has 3 N–H and O–H groups in total. The van der Waals surface area contributed by atoms with Gasteiger partial charge in [0, 0.05) is 5.56 Å². The first kappa shape index (κ1) is 17.2. The van der Waals surface area contributed by atoms with Crippen molar-refractivity contribution in [1.29, 1.82) is 0 Å². The van der Waals surface area contributed by atoms with E-state index in [1.807, 2.05) is 30.3 Å². The van der Waals surface area contributed by atoms with E-state index < -0.39 is 17.4 Å². The van der Waals surface area contributed by atoms with Gasteiger partial charge in [0.05, 0.1) is 0 Å². The fourth-order valence-corrected chi connectivity index (χ4v) is 3.27. The number of benzene rings is 1. The highest BCUT2D eigenvalue weighted by Crippen LogP contribution is 2.40. The van der Waals surface area contributed by atoms with Crippen LogP contribution in [0.25, 0.3) is 11.3 Å². The second-order valence-corrected chi connectivity index (χ2v) is 7.46. The summed E-state index contributed by atoms with van der Waals surface area (Å²) in [6.07, 6.45) is 3.92. The first-order valence-corrected chi connectivity index (χ1v) is 8.44. The van der Waals surface area contributed by atoms with Gasteiger partial charge in [-0.3, -0.25) is 9.59 Å². The van der Waals surface area contributed by atoms with Crippen LogP contribution in [0.2, 0.25) is 0 Å². The Bertz CT molecular complexity index is 770. The molecule has 132 valence electrons. The van der Waals surface area contributed by atoms with Crippen molar-refractivity contribution in [1.82, 2.24) is 10.3 Å². The number of hydrogen-bond donors (Lipinski definition) is 2. The Labute approximate surface area is 146 Å². The Morgan fingerprint density at radius 3 is 2.36 bits per heavy atom. The minimum absolute atomic E-state index is 0.0941. The normalized spacial score (nSPS) is 18.5. The average Bonchev–Trinajstić information content (AvgIpc) is 3.07. The Balaban J connectivity index is 1.85. The number of nitrogens with one attached hydrogen (secondary N) is 1. The van der Waals surface area contributed by atoms with E-state index in [4.69, 9.17) is 10.2 Å². The van der Waals surface area contributed by atoms with Gasteiger partial charge in [0.2, 0.25) is 11.7 Å². The molecule has 6 nitrogen and oxygen atoms in total. The quantitative estimate of drug-likeness (QED) is 0.893. The molecule has 1 fully saturated rings. The Morgan fingerprint density at radius 2 is 1.76 bits per heavy atom. The number of nitrogens with two attached hydrogens (primary N) is 1. The second-order valence-electron chi connectivity index (χ2n) is 7.46. The van der Waals surface area contributed by atoms with Gasteiger partial charge in [-0.1, -0.05) is 44.2 Å². The van der Waals surface area contributed by atoms with Crippen LogP contribution >= 0.6 is 0 Å². The summed E-state index contributed by atoms with van der Waals surface area (Å²) in [5.74, 6) is -0.872. The van der Waals surface area contributed by atoms with Crippen molar-refractivity contribution in [2.45, 2.75) is 45.1 Å². The van der Waals surface area contributed by atoms with Crippen molar-refractivity contribution in [2.75, 3.05) is 0 Å². The predicted molar refractivity (Wildman–Crippen MR) is 93.6 cm³/mol. The van der Waals surface area contributed by atoms with E-state index in [0.29, 0.717) is 18.5 Å². The van der Waals surface area contributed by atoms with E-state index in [0.717, 1.165) is 18.4 Å². The van der Waals surface area contributed by atoms with Gasteiger partial charge < -0.3 is 15.5 Å². The zero-order chi connectivity index (χ0) is 18.1. The zero-order valence-electron chi connectivity index (χ0n) is 14.5. The van der Waals surface area contributed by atoms with Crippen molar-refractivity contribution in [3.63, 3.8) is 0 Å². The lowest BCUT2D eigenvalue weighted by Gasteiger charge is -2.41. The molecule has 1 aliphatic carbocycles. The molecule has 6 heteroatoms. The SMILES string of the molecule is CC1(C)CCC(NC(=O)c2ocnc2-c2ccccc2)(C(N)=O)CC1. The summed E-state index contributed by atoms with van der Waals surface area (Å²) in [5.41, 5.74) is 5.98. The summed E-state index contributed by atoms with van der Waals surface area (Å²) in [4.78, 5) is 29.0. The predicted octanol–water partition coefficient (Wildman–Crippen LogP) is 2.90. The van der Waals surface area contributed by atoms with Crippen LogP contribution in [0.5, 0.6) is 0 Å². The van der Waals surface area contributed by atoms with Crippen LogP contribution in [0, 0.1) is 5.41 Å². The van der Waals surface area contributed by atoms with Crippen molar-refractivity contribution < 1.29 is 14.0 Å². The van der Waals surface area contributed by atoms with Crippen molar-refractivity contribution >= 4 is 11.8 Å². The molecule has 2 amide bonds. The molecule has 1 aromatic heterocycles. The summed E-state index contributed by atoms with van der Waals surface area (Å²) < 4.78 is 5.31. The highest BCUT2D eigenvalue weighted by Gasteiger charge is 2.44. The second kappa shape index (κ2) is 6.35. The van der Waals surface area contributed by atoms with Gasteiger partial charge in [0.1, 0.15) is 11.2 Å². The van der Waals surface area contributed by atoms with E-state index in [1.54, 1.807) is 0 Å². The first-order chi connectivity index (χ1) is 11.8. The highest BCUT2D eigenvalue weighted by molar-refractivity contribution is 6.00. The summed E-state index contributed by atoms with van der Waals surface area (Å²) in [5, 5.41) is 2.83. The number of carbonyl (C=O) groups is 2. The molecule has 0 unspecified atom stereocenters. The van der Waals surface area contributed by atoms with Gasteiger partial charge in [-0.2, -0.15) is 0 Å². The van der Waals surface area contributed by atoms with Crippen LogP contribution in [-0.2, 0) is 4.79 Å². The fourth-order valence-electron chi connectivity index (χ4n) is 3.27. The molecule has 0 bridgehead atoms. The molecular formula is C19H23N3O3. The molecule has 1 saturated carbocycles. The van der Waals surface area contributed by atoms with E-state index in [9.17, 15) is 9.59 Å². The largest absolute Gasteiger partial charge is 0.438 e. The third-order valence-corrected chi connectivity index (χ3v) is 5.10. The maximum atomic E-state index is 12.8. The van der Waals surface area contributed by atoms with Crippen molar-refractivity contribution in [2.24, 2.45) is 11.1 Å². The third-order valence-electron chi connectivity index (χ3n) is 5.10. The smallest absolute Gasteiger partial charge is 0.290 e. The molecule has 0 atom stereocenters. The number of amides is 2. The molecule has 1 heterocycles. The number of rotatable bonds is 4. The van der Waals surface area contributed by atoms with Crippen LogP contribution in [-0.4, -0.2) is 22.3 Å². The molecule has 0 radical (unpaired) electrons. The summed E-state index contributed by atoms with van der Waals surface area (Å²) in [6, 6.07) is 9.30. The summed E-state index contributed by atoms with van der Waals surface area (Å²) in [6.45, 7) is 4.31. The van der Waals surface area contributed by atoms with Gasteiger partial charge in [-0.25, -0.2) is 4.98 Å². The summed E-state index contributed by atoms with van der Waals surface area (Å²) in [7, 11) is 0. The van der Waals surface area contributed by atoms with Gasteiger partial charge in [0.25, 0.3) is 5.91 Å². The molecule has 0 saturated heterocycles. The van der Waals surface area contributed by atoms with Crippen LogP contribution in [0.1, 0.15) is 50.1 Å². The molecular weight excluding hydrogens is 318 g/mol. The molecule has 1 aromatic carbocycles. The Morgan fingerprint density at radius 1 is 1.12 bits per heavy atom. The van der Waals surface area contributed by atoms with Gasteiger partial charge >= 0.3 is 0 Å². The van der Waals surface area contributed by atoms with E-state index >= 15 is 0 Å². The highest BCUT2D eigenvalue weighted by atomic mass is 16.3.